The molecule has 0 N–H and O–H groups in total. The Morgan fingerprint density at radius 2 is 2.39 bits per heavy atom. The van der Waals surface area contributed by atoms with Crippen molar-refractivity contribution in [3.63, 3.8) is 0 Å². The summed E-state index contributed by atoms with van der Waals surface area (Å²) in [5.41, 5.74) is 0.882. The molecule has 0 aliphatic carbocycles. The first kappa shape index (κ1) is 11.0. The van der Waals surface area contributed by atoms with Crippen LogP contribution in [0.25, 0.3) is 0 Å². The van der Waals surface area contributed by atoms with E-state index in [4.69, 9.17) is 9.57 Å². The van der Waals surface area contributed by atoms with Crippen molar-refractivity contribution in [2.24, 2.45) is 5.16 Å². The summed E-state index contributed by atoms with van der Waals surface area (Å²) >= 11 is 0. The van der Waals surface area contributed by atoms with Crippen LogP contribution in [0, 0.1) is 5.82 Å². The maximum atomic E-state index is 13.1. The van der Waals surface area contributed by atoms with Gasteiger partial charge in [-0.2, -0.15) is 0 Å². The molecule has 18 heavy (non-hydrogen) atoms. The van der Waals surface area contributed by atoms with Gasteiger partial charge in [0, 0.05) is 11.6 Å². The number of benzene rings is 1. The average Bonchev–Trinajstić information content (AvgIpc) is 2.74. The second-order valence-corrected chi connectivity index (χ2v) is 4.08. The van der Waals surface area contributed by atoms with Gasteiger partial charge in [0.1, 0.15) is 17.7 Å². The van der Waals surface area contributed by atoms with Crippen molar-refractivity contribution < 1.29 is 23.5 Å². The van der Waals surface area contributed by atoms with Crippen molar-refractivity contribution in [3.8, 4) is 5.75 Å². The van der Waals surface area contributed by atoms with Crippen LogP contribution in [0.1, 0.15) is 11.5 Å². The highest BCUT2D eigenvalue weighted by atomic mass is 19.1. The summed E-state index contributed by atoms with van der Waals surface area (Å²) in [5, 5.41) is 3.73. The first-order chi connectivity index (χ1) is 8.70. The fourth-order valence-corrected chi connectivity index (χ4v) is 2.26. The molecule has 0 radical (unpaired) electrons. The van der Waals surface area contributed by atoms with Gasteiger partial charge < -0.3 is 14.3 Å². The molecular weight excluding hydrogens is 241 g/mol. The van der Waals surface area contributed by atoms with Crippen molar-refractivity contribution in [1.29, 1.82) is 0 Å². The van der Waals surface area contributed by atoms with Crippen LogP contribution in [0.5, 0.6) is 5.75 Å². The van der Waals surface area contributed by atoms with Gasteiger partial charge in [-0.05, 0) is 6.07 Å². The van der Waals surface area contributed by atoms with E-state index in [9.17, 15) is 9.18 Å². The van der Waals surface area contributed by atoms with E-state index in [1.54, 1.807) is 6.07 Å². The number of hydrogen-bond donors (Lipinski definition) is 0. The maximum absolute atomic E-state index is 13.1. The smallest absolute Gasteiger partial charge is 0.356 e. The summed E-state index contributed by atoms with van der Waals surface area (Å²) in [4.78, 5) is 16.6. The van der Waals surface area contributed by atoms with Gasteiger partial charge in [-0.1, -0.05) is 11.2 Å². The molecule has 0 aromatic heterocycles. The Hall–Kier alpha value is -2.11. The number of fused-ring (bicyclic) bond motifs is 3. The minimum Gasteiger partial charge on any atom is -0.485 e. The minimum absolute atomic E-state index is 0.152. The molecule has 0 saturated heterocycles. The van der Waals surface area contributed by atoms with Gasteiger partial charge >= 0.3 is 5.97 Å². The van der Waals surface area contributed by atoms with Crippen LogP contribution >= 0.6 is 0 Å². The number of nitrogens with zero attached hydrogens (tertiary/aromatic N) is 1. The van der Waals surface area contributed by atoms with Crippen LogP contribution in [0.4, 0.5) is 4.39 Å². The van der Waals surface area contributed by atoms with E-state index in [-0.39, 0.29) is 30.2 Å². The van der Waals surface area contributed by atoms with E-state index in [1.165, 1.54) is 19.2 Å². The maximum Gasteiger partial charge on any atom is 0.356 e. The molecule has 0 saturated carbocycles. The summed E-state index contributed by atoms with van der Waals surface area (Å²) in [6.07, 6.45) is -0.367. The van der Waals surface area contributed by atoms with Crippen molar-refractivity contribution in [3.05, 3.63) is 29.6 Å². The lowest BCUT2D eigenvalue weighted by atomic mass is 9.90. The number of methoxy groups -OCH3 is 1. The third-order valence-corrected chi connectivity index (χ3v) is 3.05. The van der Waals surface area contributed by atoms with Crippen molar-refractivity contribution in [2.75, 3.05) is 13.7 Å². The molecule has 6 heteroatoms. The molecule has 3 rings (SSSR count). The molecule has 2 aliphatic heterocycles. The van der Waals surface area contributed by atoms with Crippen LogP contribution in [-0.2, 0) is 14.4 Å². The summed E-state index contributed by atoms with van der Waals surface area (Å²) in [6.45, 7) is 0.224. The fraction of sp³-hybridized carbons (Fsp3) is 0.333. The zero-order valence-corrected chi connectivity index (χ0v) is 9.55. The van der Waals surface area contributed by atoms with Crippen molar-refractivity contribution in [2.45, 2.75) is 12.0 Å². The standard InChI is InChI=1S/C12H10FNO4/c1-16-12(15)11-10-7-3-2-6(13)4-8(7)18-9(10)5-17-14-11/h2-4,9-10H,5H2,1H3/t9-,10-/m0/s1. The van der Waals surface area contributed by atoms with Crippen molar-refractivity contribution in [1.82, 2.24) is 0 Å². The molecule has 0 amide bonds. The number of esters is 1. The number of ether oxygens (including phenoxy) is 2. The molecule has 0 spiro atoms. The molecule has 0 unspecified atom stereocenters. The Labute approximate surface area is 102 Å². The summed E-state index contributed by atoms with van der Waals surface area (Å²) < 4.78 is 23.3. The van der Waals surface area contributed by atoms with Crippen LogP contribution in [0.2, 0.25) is 0 Å². The van der Waals surface area contributed by atoms with E-state index in [0.717, 1.165) is 5.56 Å². The first-order valence-electron chi connectivity index (χ1n) is 5.45. The van der Waals surface area contributed by atoms with Crippen LogP contribution < -0.4 is 4.74 Å². The summed E-state index contributed by atoms with van der Waals surface area (Å²) in [7, 11) is 1.27. The molecule has 1 aromatic rings. The summed E-state index contributed by atoms with van der Waals surface area (Å²) in [5.74, 6) is -0.885. The highest BCUT2D eigenvalue weighted by molar-refractivity contribution is 6.39. The molecule has 5 nitrogen and oxygen atoms in total. The number of rotatable bonds is 1. The molecular formula is C12H10FNO4. The Bertz CT molecular complexity index is 543. The third kappa shape index (κ3) is 1.53. The molecule has 94 valence electrons. The number of halogens is 1. The fourth-order valence-electron chi connectivity index (χ4n) is 2.26. The average molecular weight is 251 g/mol. The second-order valence-electron chi connectivity index (χ2n) is 4.08. The predicted octanol–water partition coefficient (Wildman–Crippen LogP) is 1.23. The van der Waals surface area contributed by atoms with Gasteiger partial charge in [-0.3, -0.25) is 0 Å². The molecule has 1 aromatic carbocycles. The van der Waals surface area contributed by atoms with Gasteiger partial charge in [0.15, 0.2) is 12.3 Å². The van der Waals surface area contributed by atoms with E-state index < -0.39 is 5.97 Å². The monoisotopic (exact) mass is 251 g/mol. The van der Waals surface area contributed by atoms with Gasteiger partial charge in [-0.15, -0.1) is 0 Å². The number of oxime groups is 1. The van der Waals surface area contributed by atoms with E-state index in [2.05, 4.69) is 9.89 Å². The van der Waals surface area contributed by atoms with E-state index in [0.29, 0.717) is 5.75 Å². The van der Waals surface area contributed by atoms with Gasteiger partial charge in [0.05, 0.1) is 13.0 Å². The molecule has 0 fully saturated rings. The van der Waals surface area contributed by atoms with Gasteiger partial charge in [-0.25, -0.2) is 9.18 Å². The SMILES string of the molecule is COC(=O)C1=NOC[C@@H]2Oc3cc(F)ccc3[C@H]12. The second kappa shape index (κ2) is 3.97. The largest absolute Gasteiger partial charge is 0.485 e. The minimum atomic E-state index is -0.564. The zero-order valence-electron chi connectivity index (χ0n) is 9.55. The quantitative estimate of drug-likeness (QED) is 0.704. The molecule has 0 bridgehead atoms. The highest BCUT2D eigenvalue weighted by Crippen LogP contribution is 2.41. The van der Waals surface area contributed by atoms with E-state index >= 15 is 0 Å². The lowest BCUT2D eigenvalue weighted by Crippen LogP contribution is -2.37. The lowest BCUT2D eigenvalue weighted by Gasteiger charge is -2.22. The Balaban J connectivity index is 2.05. The summed E-state index contributed by atoms with van der Waals surface area (Å²) in [6, 6.07) is 4.22. The molecule has 2 heterocycles. The Kier molecular flexibility index (Phi) is 2.43. The molecule has 2 aliphatic rings. The first-order valence-corrected chi connectivity index (χ1v) is 5.45. The third-order valence-electron chi connectivity index (χ3n) is 3.05. The number of hydrogen-bond acceptors (Lipinski definition) is 5. The number of carbonyl (C=O) groups excluding carboxylic acids is 1. The van der Waals surface area contributed by atoms with E-state index in [1.807, 2.05) is 0 Å². The highest BCUT2D eigenvalue weighted by Gasteiger charge is 2.44. The Morgan fingerprint density at radius 1 is 1.56 bits per heavy atom. The van der Waals surface area contributed by atoms with Crippen LogP contribution in [0.15, 0.2) is 23.4 Å². The molecule has 2 atom stereocenters. The lowest BCUT2D eigenvalue weighted by molar-refractivity contribution is -0.133. The Morgan fingerprint density at radius 3 is 3.17 bits per heavy atom. The normalized spacial score (nSPS) is 24.2. The van der Waals surface area contributed by atoms with Crippen molar-refractivity contribution >= 4 is 11.7 Å². The van der Waals surface area contributed by atoms with Crippen LogP contribution in [-0.4, -0.2) is 31.5 Å². The van der Waals surface area contributed by atoms with Crippen LogP contribution in [0.3, 0.4) is 0 Å². The topological polar surface area (TPSA) is 57.1 Å². The zero-order chi connectivity index (χ0) is 12.7. The van der Waals surface area contributed by atoms with Gasteiger partial charge in [0.25, 0.3) is 0 Å². The predicted molar refractivity (Wildman–Crippen MR) is 59.0 cm³/mol. The van der Waals surface area contributed by atoms with Gasteiger partial charge in [0.2, 0.25) is 0 Å². The number of carbonyl (C=O) groups is 1.